The normalized spacial score (nSPS) is 11.4. The highest BCUT2D eigenvalue weighted by molar-refractivity contribution is 6.19. The maximum absolute atomic E-state index is 2.56. The molecule has 0 aliphatic heterocycles. The number of hydrogen-bond donors (Lipinski definition) is 0. The average molecular weight is 1350 g/mol. The summed E-state index contributed by atoms with van der Waals surface area (Å²) in [6.45, 7) is 0. The fourth-order valence-electron chi connectivity index (χ4n) is 16.4. The van der Waals surface area contributed by atoms with Crippen LogP contribution < -0.4 is 9.80 Å². The first kappa shape index (κ1) is 63.0. The molecular formula is C104H70N2. The Hall–Kier alpha value is -13.9. The molecule has 0 aliphatic rings. The summed E-state index contributed by atoms with van der Waals surface area (Å²) in [7, 11) is 0. The molecule has 0 bridgehead atoms. The standard InChI is InChI=1S/C104H70N2/c1-6-32-71(33-7-1)77-61-64-101(93(66-77)75-38-12-4-13-39-75)105(99-57-28-25-52-91(99)88-55-30-45-72-40-16-19-46-82(72)88)100-58-29-26-53-92(100)95-69-81-44-18-21-48-84(81)94-67-78(60-63-90(94)95)79-62-65-102(97(68-79)96-70-80-43-17-20-47-83(80)87-50-22-23-51-89(87)96)106(98-56-27-24-49-85(98)73-34-8-2-9-35-73)103-59-31-54-86(74-36-10-3-11-37-74)104(103)76-41-14-5-15-42-76/h1-70H. The van der Waals surface area contributed by atoms with Crippen LogP contribution in [0.2, 0.25) is 0 Å². The molecule has 19 rings (SSSR count). The number of nitrogens with zero attached hydrogens (tertiary/aromatic N) is 2. The summed E-state index contributed by atoms with van der Waals surface area (Å²) in [5.41, 5.74) is 26.8. The van der Waals surface area contributed by atoms with Gasteiger partial charge in [0.1, 0.15) is 0 Å². The molecule has 0 aliphatic carbocycles. The summed E-state index contributed by atoms with van der Waals surface area (Å²) in [6, 6.07) is 157. The second-order valence-electron chi connectivity index (χ2n) is 27.3. The van der Waals surface area contributed by atoms with Crippen LogP contribution in [0.3, 0.4) is 0 Å². The van der Waals surface area contributed by atoms with Crippen molar-refractivity contribution in [3.05, 3.63) is 425 Å². The third kappa shape index (κ3) is 11.4. The smallest absolute Gasteiger partial charge is 0.0546 e. The SMILES string of the molecule is c1ccc(-c2ccc(N(c3ccccc3-c3cccc4ccccc34)c3ccccc3-c3cc4ccccc4c4cc(-c5ccc(N(c6ccccc6-c6ccccc6)c6cccc(-c7ccccc7)c6-c6ccccc6)c(-c6cc7ccccc7c7ccccc67)c5)ccc34)c(-c3ccccc3)c2)cc1. The molecule has 0 amide bonds. The van der Waals surface area contributed by atoms with Gasteiger partial charge in [-0.15, -0.1) is 0 Å². The monoisotopic (exact) mass is 1350 g/mol. The molecular weight excluding hydrogens is 1280 g/mol. The summed E-state index contributed by atoms with van der Waals surface area (Å²) in [5, 5.41) is 11.9. The Labute approximate surface area is 618 Å². The third-order valence-corrected chi connectivity index (χ3v) is 21.2. The Morgan fingerprint density at radius 3 is 1.08 bits per heavy atom. The van der Waals surface area contributed by atoms with Crippen LogP contribution in [0.25, 0.3) is 154 Å². The van der Waals surface area contributed by atoms with Gasteiger partial charge in [0.2, 0.25) is 0 Å². The van der Waals surface area contributed by atoms with E-state index in [9.17, 15) is 0 Å². The van der Waals surface area contributed by atoms with E-state index in [0.29, 0.717) is 0 Å². The van der Waals surface area contributed by atoms with E-state index in [1.54, 1.807) is 0 Å². The maximum atomic E-state index is 2.56. The molecule has 0 N–H and O–H groups in total. The average Bonchev–Trinajstić information content (AvgIpc) is 0.741. The zero-order valence-corrected chi connectivity index (χ0v) is 58.3. The summed E-state index contributed by atoms with van der Waals surface area (Å²) >= 11 is 0. The Balaban J connectivity index is 0.855. The van der Waals surface area contributed by atoms with Crippen molar-refractivity contribution >= 4 is 88.0 Å². The third-order valence-electron chi connectivity index (χ3n) is 21.2. The minimum absolute atomic E-state index is 1.05. The van der Waals surface area contributed by atoms with E-state index in [4.69, 9.17) is 0 Å². The first-order valence-electron chi connectivity index (χ1n) is 36.5. The van der Waals surface area contributed by atoms with E-state index in [1.165, 1.54) is 54.2 Å². The predicted octanol–water partition coefficient (Wildman–Crippen LogP) is 29.4. The molecule has 0 saturated carbocycles. The van der Waals surface area contributed by atoms with Crippen LogP contribution in [0.4, 0.5) is 34.1 Å². The summed E-state index contributed by atoms with van der Waals surface area (Å²) in [4.78, 5) is 5.10. The van der Waals surface area contributed by atoms with Crippen LogP contribution in [-0.2, 0) is 0 Å². The predicted molar refractivity (Wildman–Crippen MR) is 452 cm³/mol. The van der Waals surface area contributed by atoms with Crippen molar-refractivity contribution in [3.8, 4) is 100 Å². The van der Waals surface area contributed by atoms with Crippen molar-refractivity contribution in [1.82, 2.24) is 0 Å². The van der Waals surface area contributed by atoms with Gasteiger partial charge >= 0.3 is 0 Å². The number of para-hydroxylation sites is 3. The van der Waals surface area contributed by atoms with E-state index in [2.05, 4.69) is 434 Å². The number of rotatable bonds is 15. The fraction of sp³-hybridized carbons (Fsp3) is 0. The van der Waals surface area contributed by atoms with Crippen LogP contribution in [0, 0.1) is 0 Å². The molecule has 19 aromatic carbocycles. The van der Waals surface area contributed by atoms with Crippen LogP contribution in [0.5, 0.6) is 0 Å². The Morgan fingerprint density at radius 2 is 0.462 bits per heavy atom. The zero-order valence-electron chi connectivity index (χ0n) is 58.3. The lowest BCUT2D eigenvalue weighted by atomic mass is 9.87. The zero-order chi connectivity index (χ0) is 70.3. The van der Waals surface area contributed by atoms with Gasteiger partial charge in [-0.05, 0) is 187 Å². The van der Waals surface area contributed by atoms with E-state index in [0.717, 1.165) is 134 Å². The Bertz CT molecular complexity index is 6500. The van der Waals surface area contributed by atoms with Gasteiger partial charge < -0.3 is 9.80 Å². The van der Waals surface area contributed by atoms with Crippen molar-refractivity contribution in [1.29, 1.82) is 0 Å². The second-order valence-corrected chi connectivity index (χ2v) is 27.3. The summed E-state index contributed by atoms with van der Waals surface area (Å²) in [5.74, 6) is 0. The highest BCUT2D eigenvalue weighted by Gasteiger charge is 2.29. The molecule has 2 heteroatoms. The fourth-order valence-corrected chi connectivity index (χ4v) is 16.4. The quantitative estimate of drug-likeness (QED) is 0.0944. The highest BCUT2D eigenvalue weighted by atomic mass is 15.2. The van der Waals surface area contributed by atoms with Gasteiger partial charge in [0.25, 0.3) is 0 Å². The Morgan fingerprint density at radius 1 is 0.123 bits per heavy atom. The molecule has 0 heterocycles. The van der Waals surface area contributed by atoms with E-state index >= 15 is 0 Å². The van der Waals surface area contributed by atoms with Crippen LogP contribution in [0.1, 0.15) is 0 Å². The summed E-state index contributed by atoms with van der Waals surface area (Å²) < 4.78 is 0. The number of benzene rings is 19. The molecule has 0 radical (unpaired) electrons. The molecule has 0 atom stereocenters. The van der Waals surface area contributed by atoms with Gasteiger partial charge in [-0.25, -0.2) is 0 Å². The molecule has 0 saturated heterocycles. The molecule has 496 valence electrons. The number of hydrogen-bond acceptors (Lipinski definition) is 2. The maximum Gasteiger partial charge on any atom is 0.0546 e. The van der Waals surface area contributed by atoms with Crippen molar-refractivity contribution in [2.75, 3.05) is 9.80 Å². The molecule has 0 fully saturated rings. The lowest BCUT2D eigenvalue weighted by Gasteiger charge is -2.33. The lowest BCUT2D eigenvalue weighted by molar-refractivity contribution is 1.28. The van der Waals surface area contributed by atoms with E-state index in [1.807, 2.05) is 0 Å². The molecule has 106 heavy (non-hydrogen) atoms. The lowest BCUT2D eigenvalue weighted by Crippen LogP contribution is -2.14. The molecule has 0 unspecified atom stereocenters. The van der Waals surface area contributed by atoms with Gasteiger partial charge in [-0.1, -0.05) is 358 Å². The van der Waals surface area contributed by atoms with Crippen molar-refractivity contribution < 1.29 is 0 Å². The second kappa shape index (κ2) is 27.5. The van der Waals surface area contributed by atoms with Crippen molar-refractivity contribution in [2.45, 2.75) is 0 Å². The van der Waals surface area contributed by atoms with Gasteiger partial charge in [0.15, 0.2) is 0 Å². The summed E-state index contributed by atoms with van der Waals surface area (Å²) in [6.07, 6.45) is 0. The molecule has 2 nitrogen and oxygen atoms in total. The molecule has 0 aromatic heterocycles. The minimum Gasteiger partial charge on any atom is -0.309 e. The van der Waals surface area contributed by atoms with Gasteiger partial charge in [0.05, 0.1) is 34.1 Å². The largest absolute Gasteiger partial charge is 0.309 e. The van der Waals surface area contributed by atoms with Gasteiger partial charge in [-0.3, -0.25) is 0 Å². The number of fused-ring (bicyclic) bond motifs is 7. The first-order chi connectivity index (χ1) is 52.6. The van der Waals surface area contributed by atoms with Crippen LogP contribution in [0.15, 0.2) is 425 Å². The highest BCUT2D eigenvalue weighted by Crippen LogP contribution is 2.55. The van der Waals surface area contributed by atoms with Gasteiger partial charge in [0, 0.05) is 33.4 Å². The van der Waals surface area contributed by atoms with Crippen molar-refractivity contribution in [2.24, 2.45) is 0 Å². The van der Waals surface area contributed by atoms with Crippen LogP contribution >= 0.6 is 0 Å². The topological polar surface area (TPSA) is 6.48 Å². The van der Waals surface area contributed by atoms with Crippen molar-refractivity contribution in [3.63, 3.8) is 0 Å². The molecule has 19 aromatic rings. The van der Waals surface area contributed by atoms with E-state index < -0.39 is 0 Å². The first-order valence-corrected chi connectivity index (χ1v) is 36.5. The Kier molecular flexibility index (Phi) is 16.3. The molecule has 0 spiro atoms. The number of anilines is 6. The van der Waals surface area contributed by atoms with Crippen LogP contribution in [-0.4, -0.2) is 0 Å². The van der Waals surface area contributed by atoms with E-state index in [-0.39, 0.29) is 0 Å². The minimum atomic E-state index is 1.05. The van der Waals surface area contributed by atoms with Gasteiger partial charge in [-0.2, -0.15) is 0 Å².